The number of thioether (sulfide) groups is 1. The molecule has 0 aliphatic rings. The summed E-state index contributed by atoms with van der Waals surface area (Å²) in [7, 11) is -3.42. The minimum absolute atomic E-state index is 0.0339. The van der Waals surface area contributed by atoms with Crippen LogP contribution in [0.25, 0.3) is 0 Å². The fraction of sp³-hybridized carbons (Fsp3) is 0.636. The van der Waals surface area contributed by atoms with Crippen molar-refractivity contribution in [3.63, 3.8) is 0 Å². The van der Waals surface area contributed by atoms with Gasteiger partial charge in [-0.25, -0.2) is 13.1 Å². The molecule has 2 N–H and O–H groups in total. The molecule has 0 spiro atoms. The Labute approximate surface area is 117 Å². The van der Waals surface area contributed by atoms with Crippen LogP contribution in [0.4, 0.5) is 0 Å². The van der Waals surface area contributed by atoms with Gasteiger partial charge in [-0.05, 0) is 24.8 Å². The van der Waals surface area contributed by atoms with Gasteiger partial charge in [-0.15, -0.1) is 11.3 Å². The minimum Gasteiger partial charge on any atom is -0.396 e. The van der Waals surface area contributed by atoms with E-state index in [1.165, 1.54) is 11.3 Å². The zero-order chi connectivity index (χ0) is 13.6. The lowest BCUT2D eigenvalue weighted by atomic mass is 10.3. The highest BCUT2D eigenvalue weighted by Gasteiger charge is 2.20. The van der Waals surface area contributed by atoms with Crippen molar-refractivity contribution in [3.05, 3.63) is 17.0 Å². The summed E-state index contributed by atoms with van der Waals surface area (Å²) in [5.41, 5.74) is 0. The average molecular weight is 309 g/mol. The summed E-state index contributed by atoms with van der Waals surface area (Å²) in [6.45, 7) is 2.01. The molecule has 104 valence electrons. The Hall–Kier alpha value is -0.0800. The number of aliphatic hydroxyl groups is 1. The molecule has 7 heteroatoms. The van der Waals surface area contributed by atoms with Crippen molar-refractivity contribution in [1.82, 2.24) is 4.72 Å². The van der Waals surface area contributed by atoms with Gasteiger partial charge in [0.1, 0.15) is 4.21 Å². The molecule has 0 saturated heterocycles. The molecule has 0 aliphatic heterocycles. The van der Waals surface area contributed by atoms with Crippen molar-refractivity contribution in [1.29, 1.82) is 0 Å². The van der Waals surface area contributed by atoms with Gasteiger partial charge in [-0.3, -0.25) is 0 Å². The number of nitrogens with one attached hydrogen (secondary N) is 1. The van der Waals surface area contributed by atoms with E-state index in [1.807, 2.05) is 13.2 Å². The van der Waals surface area contributed by atoms with Crippen LogP contribution in [-0.2, 0) is 16.4 Å². The smallest absolute Gasteiger partial charge is 0.250 e. The normalized spacial score (nSPS) is 13.7. The standard InChI is InChI=1S/C11H19NO3S3/c1-3-9(8-16-2)12-18(14,15)11-5-4-10(17-11)6-7-13/h4-5,9,12-13H,3,6-8H2,1-2H3. The average Bonchev–Trinajstić information content (AvgIpc) is 2.78. The SMILES string of the molecule is CCC(CSC)NS(=O)(=O)c1ccc(CCO)s1. The van der Waals surface area contributed by atoms with Gasteiger partial charge in [0.15, 0.2) is 0 Å². The fourth-order valence-corrected chi connectivity index (χ4v) is 4.97. The lowest BCUT2D eigenvalue weighted by Gasteiger charge is -2.14. The van der Waals surface area contributed by atoms with Crippen molar-refractivity contribution in [2.45, 2.75) is 30.0 Å². The first-order chi connectivity index (χ1) is 8.53. The van der Waals surface area contributed by atoms with Crippen LogP contribution in [0.5, 0.6) is 0 Å². The van der Waals surface area contributed by atoms with Crippen LogP contribution in [0.2, 0.25) is 0 Å². The van der Waals surface area contributed by atoms with Gasteiger partial charge >= 0.3 is 0 Å². The third-order valence-electron chi connectivity index (χ3n) is 2.44. The van der Waals surface area contributed by atoms with E-state index >= 15 is 0 Å². The Balaban J connectivity index is 2.78. The maximum Gasteiger partial charge on any atom is 0.250 e. The topological polar surface area (TPSA) is 66.4 Å². The zero-order valence-corrected chi connectivity index (χ0v) is 13.0. The van der Waals surface area contributed by atoms with E-state index in [-0.39, 0.29) is 12.6 Å². The zero-order valence-electron chi connectivity index (χ0n) is 10.5. The van der Waals surface area contributed by atoms with Crippen molar-refractivity contribution in [3.8, 4) is 0 Å². The third-order valence-corrected chi connectivity index (χ3v) is 6.34. The number of rotatable bonds is 8. The van der Waals surface area contributed by atoms with Gasteiger partial charge in [-0.1, -0.05) is 6.92 Å². The van der Waals surface area contributed by atoms with Crippen molar-refractivity contribution in [2.75, 3.05) is 18.6 Å². The summed E-state index contributed by atoms with van der Waals surface area (Å²) in [4.78, 5) is 0.885. The Morgan fingerprint density at radius 1 is 1.50 bits per heavy atom. The summed E-state index contributed by atoms with van der Waals surface area (Å²) < 4.78 is 27.3. The third kappa shape index (κ3) is 4.55. The molecule has 0 amide bonds. The molecule has 0 bridgehead atoms. The fourth-order valence-electron chi connectivity index (χ4n) is 1.46. The maximum absolute atomic E-state index is 12.1. The molecule has 1 aromatic rings. The first-order valence-corrected chi connectivity index (χ1v) is 9.43. The Morgan fingerprint density at radius 3 is 2.78 bits per heavy atom. The van der Waals surface area contributed by atoms with Crippen LogP contribution in [0.15, 0.2) is 16.3 Å². The van der Waals surface area contributed by atoms with Crippen molar-refractivity contribution >= 4 is 33.1 Å². The Kier molecular flexibility index (Phi) is 6.65. The molecule has 0 aliphatic carbocycles. The van der Waals surface area contributed by atoms with E-state index in [0.717, 1.165) is 17.1 Å². The van der Waals surface area contributed by atoms with E-state index in [1.54, 1.807) is 23.9 Å². The van der Waals surface area contributed by atoms with E-state index < -0.39 is 10.0 Å². The summed E-state index contributed by atoms with van der Waals surface area (Å²) >= 11 is 2.84. The number of hydrogen-bond donors (Lipinski definition) is 2. The summed E-state index contributed by atoms with van der Waals surface area (Å²) in [6, 6.07) is 3.32. The molecule has 1 aromatic heterocycles. The summed E-state index contributed by atoms with van der Waals surface area (Å²) in [5.74, 6) is 0.768. The van der Waals surface area contributed by atoms with Gasteiger partial charge < -0.3 is 5.11 Å². The summed E-state index contributed by atoms with van der Waals surface area (Å²) in [5, 5.41) is 8.82. The van der Waals surface area contributed by atoms with Crippen LogP contribution in [0.1, 0.15) is 18.2 Å². The van der Waals surface area contributed by atoms with E-state index in [4.69, 9.17) is 5.11 Å². The van der Waals surface area contributed by atoms with Gasteiger partial charge in [0, 0.05) is 29.7 Å². The van der Waals surface area contributed by atoms with Gasteiger partial charge in [0.25, 0.3) is 0 Å². The second kappa shape index (κ2) is 7.49. The molecule has 18 heavy (non-hydrogen) atoms. The molecular weight excluding hydrogens is 290 g/mol. The molecular formula is C11H19NO3S3. The lowest BCUT2D eigenvalue weighted by molar-refractivity contribution is 0.300. The highest BCUT2D eigenvalue weighted by Crippen LogP contribution is 2.22. The van der Waals surface area contributed by atoms with Gasteiger partial charge in [0.05, 0.1) is 0 Å². The second-order valence-corrected chi connectivity index (χ2v) is 7.90. The van der Waals surface area contributed by atoms with Crippen molar-refractivity contribution in [2.24, 2.45) is 0 Å². The maximum atomic E-state index is 12.1. The molecule has 1 unspecified atom stereocenters. The van der Waals surface area contributed by atoms with E-state index in [2.05, 4.69) is 4.72 Å². The highest BCUT2D eigenvalue weighted by atomic mass is 32.2. The number of thiophene rings is 1. The van der Waals surface area contributed by atoms with E-state index in [0.29, 0.717) is 10.6 Å². The molecule has 0 radical (unpaired) electrons. The number of sulfonamides is 1. The van der Waals surface area contributed by atoms with Crippen LogP contribution < -0.4 is 4.72 Å². The molecule has 0 saturated carbocycles. The van der Waals surface area contributed by atoms with Crippen LogP contribution in [-0.4, -0.2) is 38.2 Å². The first kappa shape index (κ1) is 16.0. The molecule has 4 nitrogen and oxygen atoms in total. The number of aliphatic hydroxyl groups excluding tert-OH is 1. The molecule has 1 rings (SSSR count). The van der Waals surface area contributed by atoms with Gasteiger partial charge in [-0.2, -0.15) is 11.8 Å². The predicted molar refractivity (Wildman–Crippen MR) is 77.9 cm³/mol. The Bertz CT molecular complexity index is 456. The monoisotopic (exact) mass is 309 g/mol. The lowest BCUT2D eigenvalue weighted by Crippen LogP contribution is -2.35. The molecule has 1 heterocycles. The quantitative estimate of drug-likeness (QED) is 0.767. The highest BCUT2D eigenvalue weighted by molar-refractivity contribution is 7.98. The second-order valence-electron chi connectivity index (χ2n) is 3.88. The largest absolute Gasteiger partial charge is 0.396 e. The van der Waals surface area contributed by atoms with E-state index in [9.17, 15) is 8.42 Å². The summed E-state index contributed by atoms with van der Waals surface area (Å²) in [6.07, 6.45) is 3.23. The minimum atomic E-state index is -3.42. The molecule has 0 fully saturated rings. The van der Waals surface area contributed by atoms with Crippen LogP contribution >= 0.6 is 23.1 Å². The van der Waals surface area contributed by atoms with Crippen LogP contribution in [0, 0.1) is 0 Å². The first-order valence-electron chi connectivity index (χ1n) is 5.74. The van der Waals surface area contributed by atoms with Crippen molar-refractivity contribution < 1.29 is 13.5 Å². The number of hydrogen-bond acceptors (Lipinski definition) is 5. The molecule has 0 aromatic carbocycles. The van der Waals surface area contributed by atoms with Gasteiger partial charge in [0.2, 0.25) is 10.0 Å². The molecule has 1 atom stereocenters. The Morgan fingerprint density at radius 2 is 2.22 bits per heavy atom. The predicted octanol–water partition coefficient (Wildman–Crippen LogP) is 1.70. The van der Waals surface area contributed by atoms with Crippen LogP contribution in [0.3, 0.4) is 0 Å².